The number of hydrogen-bond acceptors (Lipinski definition) is 2. The van der Waals surface area contributed by atoms with E-state index in [-0.39, 0.29) is 5.41 Å². The standard InChI is InChI=1S/C17H23N3/c1-13-6-8-14(9-7-13)20-16(18)12-15(19-20)17(2)10-4-3-5-11-17/h6-9,12H,3-5,10-11,18H2,1-2H3. The van der Waals surface area contributed by atoms with E-state index in [1.54, 1.807) is 0 Å². The van der Waals surface area contributed by atoms with E-state index in [2.05, 4.69) is 44.2 Å². The van der Waals surface area contributed by atoms with Crippen molar-refractivity contribution < 1.29 is 0 Å². The molecule has 0 amide bonds. The predicted molar refractivity (Wildman–Crippen MR) is 83.2 cm³/mol. The second-order valence-electron chi connectivity index (χ2n) is 6.32. The smallest absolute Gasteiger partial charge is 0.127 e. The van der Waals surface area contributed by atoms with Gasteiger partial charge in [-0.2, -0.15) is 5.10 Å². The summed E-state index contributed by atoms with van der Waals surface area (Å²) in [6.45, 7) is 4.41. The fourth-order valence-electron chi connectivity index (χ4n) is 3.17. The molecule has 3 rings (SSSR count). The van der Waals surface area contributed by atoms with Crippen LogP contribution in [0.2, 0.25) is 0 Å². The summed E-state index contributed by atoms with van der Waals surface area (Å²) < 4.78 is 1.87. The maximum Gasteiger partial charge on any atom is 0.127 e. The summed E-state index contributed by atoms with van der Waals surface area (Å²) in [5, 5.41) is 4.80. The monoisotopic (exact) mass is 269 g/mol. The van der Waals surface area contributed by atoms with Gasteiger partial charge >= 0.3 is 0 Å². The first-order chi connectivity index (χ1) is 9.58. The molecule has 0 radical (unpaired) electrons. The van der Waals surface area contributed by atoms with E-state index in [0.29, 0.717) is 0 Å². The molecule has 3 heteroatoms. The van der Waals surface area contributed by atoms with Crippen molar-refractivity contribution in [3.8, 4) is 5.69 Å². The van der Waals surface area contributed by atoms with Gasteiger partial charge in [0.05, 0.1) is 11.4 Å². The molecule has 1 fully saturated rings. The van der Waals surface area contributed by atoms with Crippen molar-refractivity contribution in [1.29, 1.82) is 0 Å². The highest BCUT2D eigenvalue weighted by Gasteiger charge is 2.31. The molecule has 2 aromatic rings. The normalized spacial score (nSPS) is 18.1. The summed E-state index contributed by atoms with van der Waals surface area (Å²) in [4.78, 5) is 0. The Morgan fingerprint density at radius 3 is 2.40 bits per heavy atom. The topological polar surface area (TPSA) is 43.8 Å². The molecule has 2 N–H and O–H groups in total. The van der Waals surface area contributed by atoms with Crippen molar-refractivity contribution >= 4 is 5.82 Å². The van der Waals surface area contributed by atoms with Crippen LogP contribution in [0, 0.1) is 6.92 Å². The number of aryl methyl sites for hydroxylation is 1. The van der Waals surface area contributed by atoms with Gasteiger partial charge < -0.3 is 5.73 Å². The third kappa shape index (κ3) is 2.33. The molecule has 0 spiro atoms. The molecule has 1 aliphatic carbocycles. The fraction of sp³-hybridized carbons (Fsp3) is 0.471. The van der Waals surface area contributed by atoms with Crippen LogP contribution in [-0.2, 0) is 5.41 Å². The summed E-state index contributed by atoms with van der Waals surface area (Å²) in [7, 11) is 0. The van der Waals surface area contributed by atoms with E-state index in [1.807, 2.05) is 4.68 Å². The highest BCUT2D eigenvalue weighted by atomic mass is 15.3. The Morgan fingerprint density at radius 1 is 1.10 bits per heavy atom. The minimum absolute atomic E-state index is 0.197. The maximum atomic E-state index is 6.18. The van der Waals surface area contributed by atoms with Gasteiger partial charge in [-0.05, 0) is 31.9 Å². The number of nitrogens with two attached hydrogens (primary N) is 1. The molecule has 0 aliphatic heterocycles. The van der Waals surface area contributed by atoms with Gasteiger partial charge in [-0.3, -0.25) is 0 Å². The molecule has 0 atom stereocenters. The third-order valence-electron chi connectivity index (χ3n) is 4.59. The van der Waals surface area contributed by atoms with Crippen molar-refractivity contribution in [1.82, 2.24) is 9.78 Å². The summed E-state index contributed by atoms with van der Waals surface area (Å²) >= 11 is 0. The molecule has 1 aromatic carbocycles. The van der Waals surface area contributed by atoms with Gasteiger partial charge in [0.1, 0.15) is 5.82 Å². The van der Waals surface area contributed by atoms with Crippen molar-refractivity contribution in [2.24, 2.45) is 0 Å². The van der Waals surface area contributed by atoms with Crippen LogP contribution in [0.25, 0.3) is 5.69 Å². The molecule has 1 aliphatic rings. The van der Waals surface area contributed by atoms with Gasteiger partial charge in [-0.25, -0.2) is 4.68 Å². The molecule has 0 bridgehead atoms. The van der Waals surface area contributed by atoms with E-state index >= 15 is 0 Å². The van der Waals surface area contributed by atoms with E-state index in [0.717, 1.165) is 17.2 Å². The number of rotatable bonds is 2. The van der Waals surface area contributed by atoms with Crippen LogP contribution >= 0.6 is 0 Å². The molecule has 0 saturated heterocycles. The molecule has 0 unspecified atom stereocenters. The molecule has 3 nitrogen and oxygen atoms in total. The minimum Gasteiger partial charge on any atom is -0.384 e. The number of nitrogens with zero attached hydrogens (tertiary/aromatic N) is 2. The van der Waals surface area contributed by atoms with E-state index < -0.39 is 0 Å². The van der Waals surface area contributed by atoms with Crippen LogP contribution in [0.3, 0.4) is 0 Å². The fourth-order valence-corrected chi connectivity index (χ4v) is 3.17. The molecular weight excluding hydrogens is 246 g/mol. The molecule has 20 heavy (non-hydrogen) atoms. The number of hydrogen-bond donors (Lipinski definition) is 1. The first-order valence-corrected chi connectivity index (χ1v) is 7.52. The van der Waals surface area contributed by atoms with Crippen molar-refractivity contribution in [3.63, 3.8) is 0 Å². The van der Waals surface area contributed by atoms with Crippen LogP contribution in [-0.4, -0.2) is 9.78 Å². The number of anilines is 1. The highest BCUT2D eigenvalue weighted by Crippen LogP contribution is 2.39. The van der Waals surface area contributed by atoms with Gasteiger partial charge in [0.15, 0.2) is 0 Å². The first-order valence-electron chi connectivity index (χ1n) is 7.52. The zero-order chi connectivity index (χ0) is 14.2. The van der Waals surface area contributed by atoms with Crippen LogP contribution in [0.4, 0.5) is 5.82 Å². The van der Waals surface area contributed by atoms with Crippen LogP contribution < -0.4 is 5.73 Å². The number of aromatic nitrogens is 2. The average Bonchev–Trinajstić information content (AvgIpc) is 2.83. The SMILES string of the molecule is Cc1ccc(-n2nc(C3(C)CCCCC3)cc2N)cc1. The van der Waals surface area contributed by atoms with Crippen molar-refractivity contribution in [2.75, 3.05) is 5.73 Å². The lowest BCUT2D eigenvalue weighted by Gasteiger charge is -2.31. The van der Waals surface area contributed by atoms with Gasteiger partial charge in [-0.1, -0.05) is 43.9 Å². The summed E-state index contributed by atoms with van der Waals surface area (Å²) in [5.41, 5.74) is 9.81. The summed E-state index contributed by atoms with van der Waals surface area (Å²) in [6.07, 6.45) is 6.39. The Bertz CT molecular complexity index is 589. The van der Waals surface area contributed by atoms with E-state index in [1.165, 1.54) is 37.7 Å². The van der Waals surface area contributed by atoms with Crippen LogP contribution in [0.5, 0.6) is 0 Å². The van der Waals surface area contributed by atoms with Gasteiger partial charge in [-0.15, -0.1) is 0 Å². The zero-order valence-corrected chi connectivity index (χ0v) is 12.4. The Labute approximate surface area is 120 Å². The zero-order valence-electron chi connectivity index (χ0n) is 12.4. The van der Waals surface area contributed by atoms with Gasteiger partial charge in [0.2, 0.25) is 0 Å². The second-order valence-corrected chi connectivity index (χ2v) is 6.32. The van der Waals surface area contributed by atoms with Crippen molar-refractivity contribution in [3.05, 3.63) is 41.6 Å². The Balaban J connectivity index is 1.96. The Kier molecular flexibility index (Phi) is 3.28. The first kappa shape index (κ1) is 13.2. The number of benzene rings is 1. The van der Waals surface area contributed by atoms with Gasteiger partial charge in [0, 0.05) is 11.5 Å². The summed E-state index contributed by atoms with van der Waals surface area (Å²) in [5.74, 6) is 0.732. The quantitative estimate of drug-likeness (QED) is 0.896. The third-order valence-corrected chi connectivity index (χ3v) is 4.59. The Hall–Kier alpha value is -1.77. The van der Waals surface area contributed by atoms with Crippen LogP contribution in [0.15, 0.2) is 30.3 Å². The largest absolute Gasteiger partial charge is 0.384 e. The number of nitrogen functional groups attached to an aromatic ring is 1. The van der Waals surface area contributed by atoms with Crippen LogP contribution in [0.1, 0.15) is 50.3 Å². The Morgan fingerprint density at radius 2 is 1.75 bits per heavy atom. The molecular formula is C17H23N3. The van der Waals surface area contributed by atoms with Gasteiger partial charge in [0.25, 0.3) is 0 Å². The van der Waals surface area contributed by atoms with E-state index in [4.69, 9.17) is 10.8 Å². The lowest BCUT2D eigenvalue weighted by molar-refractivity contribution is 0.311. The molecule has 106 valence electrons. The van der Waals surface area contributed by atoms with Crippen molar-refractivity contribution in [2.45, 2.75) is 51.4 Å². The molecule has 1 saturated carbocycles. The predicted octanol–water partition coefficient (Wildman–Crippen LogP) is 3.98. The average molecular weight is 269 g/mol. The lowest BCUT2D eigenvalue weighted by atomic mass is 9.73. The summed E-state index contributed by atoms with van der Waals surface area (Å²) in [6, 6.07) is 10.4. The highest BCUT2D eigenvalue weighted by molar-refractivity contribution is 5.45. The molecule has 1 heterocycles. The lowest BCUT2D eigenvalue weighted by Crippen LogP contribution is -2.25. The van der Waals surface area contributed by atoms with E-state index in [9.17, 15) is 0 Å². The second kappa shape index (κ2) is 4.97. The maximum absolute atomic E-state index is 6.18. The molecule has 1 aromatic heterocycles. The minimum atomic E-state index is 0.197.